The smallest absolute Gasteiger partial charge is 0.133 e. The third-order valence-electron chi connectivity index (χ3n) is 3.06. The fraction of sp³-hybridized carbons (Fsp3) is 0.733. The maximum absolute atomic E-state index is 11.6. The summed E-state index contributed by atoms with van der Waals surface area (Å²) in [5.74, 6) is 0.178. The topological polar surface area (TPSA) is 68.3 Å². The zero-order chi connectivity index (χ0) is 14.8. The summed E-state index contributed by atoms with van der Waals surface area (Å²) in [4.78, 5) is 44.9. The van der Waals surface area contributed by atoms with E-state index >= 15 is 0 Å². The normalized spacial score (nSPS) is 10.5. The Bertz CT molecular complexity index is 328. The molecule has 0 aromatic rings. The van der Waals surface area contributed by atoms with Crippen molar-refractivity contribution in [3.8, 4) is 0 Å². The van der Waals surface area contributed by atoms with Crippen LogP contribution in [0.3, 0.4) is 0 Å². The Balaban J connectivity index is 4.08. The van der Waals surface area contributed by atoms with Gasteiger partial charge < -0.3 is 9.59 Å². The SMILES string of the molecule is CCC(=O)CCC(=O)CCC(CC(C)=O)CC(C)=O. The van der Waals surface area contributed by atoms with E-state index in [-0.39, 0.29) is 35.5 Å². The molecule has 0 aliphatic carbocycles. The Labute approximate surface area is 114 Å². The summed E-state index contributed by atoms with van der Waals surface area (Å²) in [6.45, 7) is 4.77. The van der Waals surface area contributed by atoms with Gasteiger partial charge in [-0.05, 0) is 26.2 Å². The van der Waals surface area contributed by atoms with E-state index in [1.54, 1.807) is 6.92 Å². The molecule has 19 heavy (non-hydrogen) atoms. The second kappa shape index (κ2) is 9.59. The van der Waals surface area contributed by atoms with Gasteiger partial charge >= 0.3 is 0 Å². The van der Waals surface area contributed by atoms with Gasteiger partial charge in [0.15, 0.2) is 0 Å². The third kappa shape index (κ3) is 10.3. The van der Waals surface area contributed by atoms with Crippen LogP contribution in [0.5, 0.6) is 0 Å². The lowest BCUT2D eigenvalue weighted by Crippen LogP contribution is -2.12. The number of hydrogen-bond acceptors (Lipinski definition) is 4. The average molecular weight is 268 g/mol. The van der Waals surface area contributed by atoms with Crippen molar-refractivity contribution in [2.24, 2.45) is 5.92 Å². The maximum atomic E-state index is 11.6. The lowest BCUT2D eigenvalue weighted by atomic mass is 9.91. The molecule has 0 bridgehead atoms. The van der Waals surface area contributed by atoms with E-state index in [0.717, 1.165) is 0 Å². The molecule has 0 heterocycles. The Morgan fingerprint density at radius 1 is 0.789 bits per heavy atom. The molecule has 0 spiro atoms. The van der Waals surface area contributed by atoms with Crippen LogP contribution in [0, 0.1) is 5.92 Å². The molecule has 0 aromatic carbocycles. The van der Waals surface area contributed by atoms with Crippen molar-refractivity contribution in [2.75, 3.05) is 0 Å². The molecule has 0 N–H and O–H groups in total. The summed E-state index contributed by atoms with van der Waals surface area (Å²) in [5, 5.41) is 0. The van der Waals surface area contributed by atoms with Crippen molar-refractivity contribution in [1.29, 1.82) is 0 Å². The van der Waals surface area contributed by atoms with Crippen LogP contribution in [-0.2, 0) is 19.2 Å². The minimum atomic E-state index is -0.0409. The number of Topliss-reactive ketones (excluding diaryl/α,β-unsaturated/α-hetero) is 4. The van der Waals surface area contributed by atoms with Gasteiger partial charge in [0, 0.05) is 38.5 Å². The van der Waals surface area contributed by atoms with Crippen molar-refractivity contribution < 1.29 is 19.2 Å². The molecule has 0 atom stereocenters. The van der Waals surface area contributed by atoms with Gasteiger partial charge in [0.1, 0.15) is 23.1 Å². The second-order valence-electron chi connectivity index (χ2n) is 5.15. The van der Waals surface area contributed by atoms with Crippen LogP contribution < -0.4 is 0 Å². The third-order valence-corrected chi connectivity index (χ3v) is 3.06. The monoisotopic (exact) mass is 268 g/mol. The van der Waals surface area contributed by atoms with Crippen LogP contribution >= 0.6 is 0 Å². The number of carbonyl (C=O) groups is 4. The molecule has 0 fully saturated rings. The standard InChI is InChI=1S/C15H24O4/c1-4-14(18)7-8-15(19)6-5-13(9-11(2)16)10-12(3)17/h13H,4-10H2,1-3H3. The lowest BCUT2D eigenvalue weighted by Gasteiger charge is -2.13. The van der Waals surface area contributed by atoms with Crippen LogP contribution in [0.15, 0.2) is 0 Å². The first-order valence-corrected chi connectivity index (χ1v) is 6.87. The Kier molecular flexibility index (Phi) is 8.92. The highest BCUT2D eigenvalue weighted by Gasteiger charge is 2.15. The van der Waals surface area contributed by atoms with E-state index in [2.05, 4.69) is 0 Å². The summed E-state index contributed by atoms with van der Waals surface area (Å²) in [7, 11) is 0. The summed E-state index contributed by atoms with van der Waals surface area (Å²) < 4.78 is 0. The Hall–Kier alpha value is -1.32. The molecule has 0 rings (SSSR count). The average Bonchev–Trinajstić information content (AvgIpc) is 2.31. The van der Waals surface area contributed by atoms with Crippen LogP contribution in [0.1, 0.15) is 65.7 Å². The molecule has 0 aromatic heterocycles. The van der Waals surface area contributed by atoms with E-state index in [1.807, 2.05) is 0 Å². The fourth-order valence-corrected chi connectivity index (χ4v) is 2.04. The quantitative estimate of drug-likeness (QED) is 0.577. The maximum Gasteiger partial charge on any atom is 0.133 e. The fourth-order valence-electron chi connectivity index (χ4n) is 2.04. The van der Waals surface area contributed by atoms with Gasteiger partial charge in [-0.15, -0.1) is 0 Å². The first kappa shape index (κ1) is 17.7. The summed E-state index contributed by atoms with van der Waals surface area (Å²) in [6, 6.07) is 0. The largest absolute Gasteiger partial charge is 0.300 e. The van der Waals surface area contributed by atoms with Gasteiger partial charge in [0.25, 0.3) is 0 Å². The second-order valence-corrected chi connectivity index (χ2v) is 5.15. The predicted octanol–water partition coefficient (Wildman–Crippen LogP) is 2.67. The van der Waals surface area contributed by atoms with E-state index in [9.17, 15) is 19.2 Å². The molecular weight excluding hydrogens is 244 g/mol. The predicted molar refractivity (Wildman–Crippen MR) is 72.9 cm³/mol. The van der Waals surface area contributed by atoms with Gasteiger partial charge in [0.2, 0.25) is 0 Å². The van der Waals surface area contributed by atoms with Gasteiger partial charge in [-0.25, -0.2) is 0 Å². The zero-order valence-corrected chi connectivity index (χ0v) is 12.2. The number of carbonyl (C=O) groups excluding carboxylic acids is 4. The lowest BCUT2D eigenvalue weighted by molar-refractivity contribution is -0.124. The molecule has 0 saturated carbocycles. The highest BCUT2D eigenvalue weighted by atomic mass is 16.1. The van der Waals surface area contributed by atoms with Crippen molar-refractivity contribution >= 4 is 23.1 Å². The summed E-state index contributed by atoms with van der Waals surface area (Å²) in [5.41, 5.74) is 0. The van der Waals surface area contributed by atoms with Gasteiger partial charge in [-0.1, -0.05) is 6.92 Å². The van der Waals surface area contributed by atoms with Gasteiger partial charge in [-0.2, -0.15) is 0 Å². The summed E-state index contributed by atoms with van der Waals surface area (Å²) >= 11 is 0. The van der Waals surface area contributed by atoms with Crippen molar-refractivity contribution in [2.45, 2.75) is 65.7 Å². The van der Waals surface area contributed by atoms with Crippen molar-refractivity contribution in [3.63, 3.8) is 0 Å². The van der Waals surface area contributed by atoms with Gasteiger partial charge in [0.05, 0.1) is 0 Å². The summed E-state index contributed by atoms with van der Waals surface area (Å²) in [6.07, 6.45) is 2.64. The molecule has 0 saturated heterocycles. The minimum absolute atomic E-state index is 0.0407. The van der Waals surface area contributed by atoms with E-state index in [0.29, 0.717) is 38.5 Å². The highest BCUT2D eigenvalue weighted by Crippen LogP contribution is 2.18. The number of rotatable bonds is 11. The van der Waals surface area contributed by atoms with Crippen LogP contribution in [-0.4, -0.2) is 23.1 Å². The first-order chi connectivity index (χ1) is 8.85. The van der Waals surface area contributed by atoms with Crippen LogP contribution in [0.4, 0.5) is 0 Å². The zero-order valence-electron chi connectivity index (χ0n) is 12.2. The number of ketones is 4. The molecule has 0 radical (unpaired) electrons. The molecular formula is C15H24O4. The van der Waals surface area contributed by atoms with Gasteiger partial charge in [-0.3, -0.25) is 9.59 Å². The Morgan fingerprint density at radius 3 is 1.68 bits per heavy atom. The molecule has 0 aliphatic heterocycles. The van der Waals surface area contributed by atoms with E-state index in [4.69, 9.17) is 0 Å². The van der Waals surface area contributed by atoms with E-state index < -0.39 is 0 Å². The van der Waals surface area contributed by atoms with Crippen molar-refractivity contribution in [3.05, 3.63) is 0 Å². The molecule has 4 nitrogen and oxygen atoms in total. The molecule has 108 valence electrons. The minimum Gasteiger partial charge on any atom is -0.300 e. The first-order valence-electron chi connectivity index (χ1n) is 6.87. The van der Waals surface area contributed by atoms with Crippen LogP contribution in [0.25, 0.3) is 0 Å². The molecule has 0 amide bonds. The number of hydrogen-bond donors (Lipinski definition) is 0. The van der Waals surface area contributed by atoms with E-state index in [1.165, 1.54) is 13.8 Å². The molecule has 4 heteroatoms. The van der Waals surface area contributed by atoms with Crippen LogP contribution in [0.2, 0.25) is 0 Å². The molecule has 0 unspecified atom stereocenters. The highest BCUT2D eigenvalue weighted by molar-refractivity contribution is 5.86. The Morgan fingerprint density at radius 2 is 1.26 bits per heavy atom. The van der Waals surface area contributed by atoms with Crippen molar-refractivity contribution in [1.82, 2.24) is 0 Å². The molecule has 0 aliphatic rings.